The zero-order valence-electron chi connectivity index (χ0n) is 17.8. The Morgan fingerprint density at radius 3 is 2.32 bits per heavy atom. The Kier molecular flexibility index (Phi) is 7.31. The number of nitrogens with zero attached hydrogens (tertiary/aromatic N) is 2. The molecular formula is C23H27N3O4S. The van der Waals surface area contributed by atoms with E-state index in [2.05, 4.69) is 11.4 Å². The van der Waals surface area contributed by atoms with Crippen LogP contribution in [0.4, 0.5) is 0 Å². The lowest BCUT2D eigenvalue weighted by atomic mass is 10.1. The molecule has 7 nitrogen and oxygen atoms in total. The van der Waals surface area contributed by atoms with Crippen molar-refractivity contribution in [1.29, 1.82) is 5.26 Å². The van der Waals surface area contributed by atoms with Crippen LogP contribution in [0.1, 0.15) is 60.1 Å². The zero-order chi connectivity index (χ0) is 22.4. The second-order valence-corrected chi connectivity index (χ2v) is 9.52. The number of nitrogens with one attached hydrogen (secondary N) is 1. The average Bonchev–Trinajstić information content (AvgIpc) is 3.09. The van der Waals surface area contributed by atoms with Crippen LogP contribution in [0.5, 0.6) is 5.75 Å². The number of rotatable bonds is 6. The number of nitriles is 1. The number of hydrogen-bond donors (Lipinski definition) is 1. The smallest absolute Gasteiger partial charge is 0.251 e. The standard InChI is InChI=1S/C23H27N3O4S/c1-17(19-9-7-18(16-24)8-10-19)25-23(27)20-11-12-21(30-2)22(15-20)31(28,29)26-13-5-3-4-6-14-26/h7-12,15,17H,3-6,13-14H2,1-2H3,(H,25,27). The molecule has 0 aliphatic carbocycles. The Balaban J connectivity index is 1.85. The molecule has 1 aliphatic heterocycles. The van der Waals surface area contributed by atoms with Crippen LogP contribution in [0.3, 0.4) is 0 Å². The van der Waals surface area contributed by atoms with E-state index in [1.165, 1.54) is 23.5 Å². The molecule has 3 rings (SSSR count). The van der Waals surface area contributed by atoms with E-state index in [-0.39, 0.29) is 28.2 Å². The van der Waals surface area contributed by atoms with Crippen LogP contribution in [-0.2, 0) is 10.0 Å². The number of carbonyl (C=O) groups is 1. The van der Waals surface area contributed by atoms with Gasteiger partial charge in [-0.3, -0.25) is 4.79 Å². The maximum Gasteiger partial charge on any atom is 0.251 e. The predicted molar refractivity (Wildman–Crippen MR) is 117 cm³/mol. The first-order valence-corrected chi connectivity index (χ1v) is 11.8. The number of amides is 1. The minimum Gasteiger partial charge on any atom is -0.495 e. The van der Waals surface area contributed by atoms with Gasteiger partial charge in [0.2, 0.25) is 10.0 Å². The van der Waals surface area contributed by atoms with Crippen LogP contribution in [-0.4, -0.2) is 38.8 Å². The fraction of sp³-hybridized carbons (Fsp3) is 0.391. The topological polar surface area (TPSA) is 99.5 Å². The van der Waals surface area contributed by atoms with E-state index in [9.17, 15) is 13.2 Å². The van der Waals surface area contributed by atoms with Crippen LogP contribution in [0, 0.1) is 11.3 Å². The maximum atomic E-state index is 13.3. The summed E-state index contributed by atoms with van der Waals surface area (Å²) < 4.78 is 33.4. The molecule has 1 N–H and O–H groups in total. The molecule has 8 heteroatoms. The van der Waals surface area contributed by atoms with Gasteiger partial charge in [-0.25, -0.2) is 8.42 Å². The highest BCUT2D eigenvalue weighted by atomic mass is 32.2. The monoisotopic (exact) mass is 441 g/mol. The van der Waals surface area contributed by atoms with E-state index in [0.29, 0.717) is 18.7 Å². The molecule has 1 atom stereocenters. The largest absolute Gasteiger partial charge is 0.495 e. The third-order valence-electron chi connectivity index (χ3n) is 5.50. The molecule has 31 heavy (non-hydrogen) atoms. The first-order chi connectivity index (χ1) is 14.9. The summed E-state index contributed by atoms with van der Waals surface area (Å²) in [6.45, 7) is 2.77. The van der Waals surface area contributed by atoms with E-state index in [1.54, 1.807) is 30.3 Å². The van der Waals surface area contributed by atoms with Gasteiger partial charge in [-0.1, -0.05) is 25.0 Å². The van der Waals surface area contributed by atoms with Crippen molar-refractivity contribution in [2.45, 2.75) is 43.5 Å². The molecule has 1 amide bonds. The Morgan fingerprint density at radius 1 is 1.10 bits per heavy atom. The maximum absolute atomic E-state index is 13.3. The van der Waals surface area contributed by atoms with Crippen molar-refractivity contribution in [3.63, 3.8) is 0 Å². The van der Waals surface area contributed by atoms with E-state index >= 15 is 0 Å². The van der Waals surface area contributed by atoms with Crippen LogP contribution >= 0.6 is 0 Å². The van der Waals surface area contributed by atoms with Gasteiger partial charge in [0.25, 0.3) is 5.91 Å². The Hall–Kier alpha value is -2.89. The molecule has 2 aromatic carbocycles. The van der Waals surface area contributed by atoms with Crippen molar-refractivity contribution in [2.75, 3.05) is 20.2 Å². The van der Waals surface area contributed by atoms with Crippen molar-refractivity contribution in [2.24, 2.45) is 0 Å². The van der Waals surface area contributed by atoms with Crippen molar-refractivity contribution >= 4 is 15.9 Å². The summed E-state index contributed by atoms with van der Waals surface area (Å²) in [5, 5.41) is 11.8. The average molecular weight is 442 g/mol. The lowest BCUT2D eigenvalue weighted by Crippen LogP contribution is -2.32. The number of methoxy groups -OCH3 is 1. The highest BCUT2D eigenvalue weighted by Gasteiger charge is 2.29. The van der Waals surface area contributed by atoms with Crippen molar-refractivity contribution < 1.29 is 17.9 Å². The lowest BCUT2D eigenvalue weighted by molar-refractivity contribution is 0.0939. The molecule has 1 unspecified atom stereocenters. The molecule has 0 spiro atoms. The summed E-state index contributed by atoms with van der Waals surface area (Å²) in [7, 11) is -2.35. The Labute approximate surface area is 183 Å². The van der Waals surface area contributed by atoms with Gasteiger partial charge >= 0.3 is 0 Å². The van der Waals surface area contributed by atoms with E-state index < -0.39 is 10.0 Å². The summed E-state index contributed by atoms with van der Waals surface area (Å²) in [5.74, 6) is -0.159. The molecule has 164 valence electrons. The van der Waals surface area contributed by atoms with Crippen molar-refractivity contribution in [3.8, 4) is 11.8 Å². The van der Waals surface area contributed by atoms with Gasteiger partial charge in [0, 0.05) is 18.7 Å². The third-order valence-corrected chi connectivity index (χ3v) is 7.42. The number of benzene rings is 2. The molecule has 2 aromatic rings. The molecule has 1 fully saturated rings. The van der Waals surface area contributed by atoms with Crippen molar-refractivity contribution in [3.05, 3.63) is 59.2 Å². The van der Waals surface area contributed by atoms with Crippen LogP contribution in [0.2, 0.25) is 0 Å². The van der Waals surface area contributed by atoms with Crippen molar-refractivity contribution in [1.82, 2.24) is 9.62 Å². The van der Waals surface area contributed by atoms with Gasteiger partial charge in [0.05, 0.1) is 24.8 Å². The van der Waals surface area contributed by atoms with Gasteiger partial charge in [0.1, 0.15) is 10.6 Å². The number of ether oxygens (including phenoxy) is 1. The zero-order valence-corrected chi connectivity index (χ0v) is 18.6. The SMILES string of the molecule is COc1ccc(C(=O)NC(C)c2ccc(C#N)cc2)cc1S(=O)(=O)N1CCCCCC1. The summed E-state index contributed by atoms with van der Waals surface area (Å²) in [4.78, 5) is 12.9. The van der Waals surface area contributed by atoms with E-state index in [4.69, 9.17) is 10.00 Å². The molecule has 0 bridgehead atoms. The molecule has 0 saturated carbocycles. The lowest BCUT2D eigenvalue weighted by Gasteiger charge is -2.22. The molecular weight excluding hydrogens is 414 g/mol. The number of carbonyl (C=O) groups excluding carboxylic acids is 1. The summed E-state index contributed by atoms with van der Waals surface area (Å²) >= 11 is 0. The van der Waals surface area contributed by atoms with Gasteiger partial charge in [-0.2, -0.15) is 9.57 Å². The van der Waals surface area contributed by atoms with E-state index in [1.807, 2.05) is 6.92 Å². The van der Waals surface area contributed by atoms with Crippen LogP contribution in [0.15, 0.2) is 47.4 Å². The summed E-state index contributed by atoms with van der Waals surface area (Å²) in [5.41, 5.74) is 1.63. The van der Waals surface area contributed by atoms with Gasteiger partial charge in [-0.05, 0) is 55.7 Å². The number of sulfonamides is 1. The minimum atomic E-state index is -3.77. The molecule has 1 saturated heterocycles. The molecule has 1 heterocycles. The predicted octanol–water partition coefficient (Wildman–Crippen LogP) is 3.62. The summed E-state index contributed by atoms with van der Waals surface area (Å²) in [6.07, 6.45) is 3.67. The first kappa shape index (κ1) is 22.8. The van der Waals surface area contributed by atoms with Gasteiger partial charge in [0.15, 0.2) is 0 Å². The normalized spacial score (nSPS) is 16.0. The second-order valence-electron chi connectivity index (χ2n) is 7.61. The minimum absolute atomic E-state index is 0.00979. The summed E-state index contributed by atoms with van der Waals surface area (Å²) in [6, 6.07) is 13.2. The first-order valence-electron chi connectivity index (χ1n) is 10.4. The highest BCUT2D eigenvalue weighted by Crippen LogP contribution is 2.29. The Morgan fingerprint density at radius 2 is 1.74 bits per heavy atom. The molecule has 0 aromatic heterocycles. The second kappa shape index (κ2) is 9.94. The van der Waals surface area contributed by atoms with Gasteiger partial charge < -0.3 is 10.1 Å². The fourth-order valence-electron chi connectivity index (χ4n) is 3.65. The highest BCUT2D eigenvalue weighted by molar-refractivity contribution is 7.89. The Bertz CT molecular complexity index is 1070. The molecule has 1 aliphatic rings. The van der Waals surface area contributed by atoms with E-state index in [0.717, 1.165) is 31.2 Å². The fourth-order valence-corrected chi connectivity index (χ4v) is 5.35. The van der Waals surface area contributed by atoms with Gasteiger partial charge in [-0.15, -0.1) is 0 Å². The molecule has 0 radical (unpaired) electrons. The number of hydrogen-bond acceptors (Lipinski definition) is 5. The van der Waals surface area contributed by atoms with Crippen LogP contribution < -0.4 is 10.1 Å². The quantitative estimate of drug-likeness (QED) is 0.738. The van der Waals surface area contributed by atoms with Crippen LogP contribution in [0.25, 0.3) is 0 Å². The third kappa shape index (κ3) is 5.24.